The monoisotopic (exact) mass is 536 g/mol. The van der Waals surface area contributed by atoms with Gasteiger partial charge in [0.15, 0.2) is 0 Å². The van der Waals surface area contributed by atoms with Crippen LogP contribution in [0.3, 0.4) is 0 Å². The topological polar surface area (TPSA) is 177 Å². The molecule has 0 aromatic heterocycles. The van der Waals surface area contributed by atoms with E-state index in [1.54, 1.807) is 60.6 Å². The molecule has 1 aromatic carbocycles. The first kappa shape index (κ1) is 32.2. The fourth-order valence-corrected chi connectivity index (χ4v) is 3.65. The molecule has 0 spiro atoms. The second-order valence-electron chi connectivity index (χ2n) is 9.97. The van der Waals surface area contributed by atoms with Crippen molar-refractivity contribution in [3.8, 4) is 5.75 Å². The summed E-state index contributed by atoms with van der Waals surface area (Å²) in [6, 6.07) is 1.28. The first-order valence-corrected chi connectivity index (χ1v) is 12.4. The molecule has 212 valence electrons. The molecule has 0 radical (unpaired) electrons. The van der Waals surface area contributed by atoms with E-state index >= 15 is 0 Å². The largest absolute Gasteiger partial charge is 0.507 e. The lowest BCUT2D eigenvalue weighted by Gasteiger charge is -2.37. The third kappa shape index (κ3) is 9.91. The molecular weight excluding hydrogens is 496 g/mol. The summed E-state index contributed by atoms with van der Waals surface area (Å²) in [5.41, 5.74) is 5.06. The van der Waals surface area contributed by atoms with Gasteiger partial charge in [-0.05, 0) is 54.0 Å². The van der Waals surface area contributed by atoms with Crippen LogP contribution >= 0.6 is 0 Å². The average Bonchev–Trinajstić information content (AvgIpc) is 2.77. The Morgan fingerprint density at radius 2 is 1.76 bits per heavy atom. The highest BCUT2D eigenvalue weighted by atomic mass is 16.6. The molecule has 1 aromatic rings. The van der Waals surface area contributed by atoms with Crippen LogP contribution in [-0.2, 0) is 28.7 Å². The molecule has 2 unspecified atom stereocenters. The van der Waals surface area contributed by atoms with Crippen LogP contribution in [-0.4, -0.2) is 70.6 Å². The molecule has 1 rings (SSSR count). The number of carbonyl (C=O) groups excluding carboxylic acids is 5. The third-order valence-corrected chi connectivity index (χ3v) is 5.23. The number of hydrogen-bond donors (Lipinski definition) is 4. The van der Waals surface area contributed by atoms with E-state index in [4.69, 9.17) is 15.2 Å². The molecule has 0 aliphatic carbocycles. The normalized spacial score (nSPS) is 12.7. The molecule has 12 nitrogen and oxygen atoms in total. The zero-order valence-electron chi connectivity index (χ0n) is 23.1. The Balaban J connectivity index is 3.47. The Morgan fingerprint density at radius 1 is 1.13 bits per heavy atom. The van der Waals surface area contributed by atoms with Crippen molar-refractivity contribution >= 4 is 29.8 Å². The first-order chi connectivity index (χ1) is 17.6. The molecule has 0 saturated heterocycles. The molecule has 0 fully saturated rings. The van der Waals surface area contributed by atoms with E-state index in [2.05, 4.69) is 10.6 Å². The zero-order chi connectivity index (χ0) is 29.2. The van der Waals surface area contributed by atoms with Gasteiger partial charge in [-0.25, -0.2) is 4.79 Å². The second kappa shape index (κ2) is 14.2. The summed E-state index contributed by atoms with van der Waals surface area (Å²) < 4.78 is 10.1. The van der Waals surface area contributed by atoms with Crippen molar-refractivity contribution in [1.82, 2.24) is 15.5 Å². The predicted molar refractivity (Wildman–Crippen MR) is 139 cm³/mol. The maximum atomic E-state index is 13.8. The highest BCUT2D eigenvalue weighted by Gasteiger charge is 2.39. The number of aromatic hydroxyl groups is 1. The number of aryl methyl sites for hydroxylation is 1. The zero-order valence-corrected chi connectivity index (χ0v) is 23.1. The van der Waals surface area contributed by atoms with Crippen molar-refractivity contribution in [2.75, 3.05) is 13.2 Å². The smallest absolute Gasteiger partial charge is 0.408 e. The molecule has 0 saturated carbocycles. The minimum absolute atomic E-state index is 0.0816. The maximum absolute atomic E-state index is 13.8. The van der Waals surface area contributed by atoms with Gasteiger partial charge >= 0.3 is 12.1 Å². The number of para-hydroxylation sites is 1. The van der Waals surface area contributed by atoms with Crippen LogP contribution in [0.25, 0.3) is 0 Å². The number of primary amides is 1. The number of phenols is 1. The number of nitrogens with one attached hydrogen (secondary N) is 2. The van der Waals surface area contributed by atoms with Gasteiger partial charge in [0.05, 0.1) is 19.4 Å². The first-order valence-electron chi connectivity index (χ1n) is 12.4. The number of ether oxygens (including phenoxy) is 2. The summed E-state index contributed by atoms with van der Waals surface area (Å²) in [7, 11) is 0. The lowest BCUT2D eigenvalue weighted by Crippen LogP contribution is -2.56. The number of rotatable bonds is 12. The fraction of sp³-hybridized carbons (Fsp3) is 0.577. The van der Waals surface area contributed by atoms with E-state index in [-0.39, 0.29) is 30.9 Å². The number of hydrogen-bond acceptors (Lipinski definition) is 8. The van der Waals surface area contributed by atoms with Gasteiger partial charge in [0.1, 0.15) is 23.4 Å². The SMILES string of the molecule is CCOC(=O)CCNC(=O)C(c1cccc(C)c1O)N(C(=O)C(CC(N)=O)NC(=O)OC(C)(C)C)C(C)C. The van der Waals surface area contributed by atoms with Gasteiger partial charge < -0.3 is 35.8 Å². The highest BCUT2D eigenvalue weighted by Crippen LogP contribution is 2.33. The van der Waals surface area contributed by atoms with E-state index in [0.717, 1.165) is 4.90 Å². The molecule has 0 bridgehead atoms. The van der Waals surface area contributed by atoms with Crippen molar-refractivity contribution in [3.05, 3.63) is 29.3 Å². The fourth-order valence-electron chi connectivity index (χ4n) is 3.65. The molecule has 12 heteroatoms. The number of nitrogens with zero attached hydrogens (tertiary/aromatic N) is 1. The summed E-state index contributed by atoms with van der Waals surface area (Å²) in [5.74, 6) is -3.06. The molecule has 0 heterocycles. The van der Waals surface area contributed by atoms with Gasteiger partial charge in [0, 0.05) is 18.2 Å². The minimum atomic E-state index is -1.45. The average molecular weight is 537 g/mol. The van der Waals surface area contributed by atoms with E-state index in [1.165, 1.54) is 6.07 Å². The van der Waals surface area contributed by atoms with Crippen molar-refractivity contribution in [1.29, 1.82) is 0 Å². The maximum Gasteiger partial charge on any atom is 0.408 e. The van der Waals surface area contributed by atoms with Crippen LogP contribution in [0, 0.1) is 6.92 Å². The van der Waals surface area contributed by atoms with Crippen molar-refractivity contribution in [2.24, 2.45) is 5.73 Å². The Morgan fingerprint density at radius 3 is 2.29 bits per heavy atom. The Kier molecular flexibility index (Phi) is 12.0. The Hall–Kier alpha value is -3.83. The predicted octanol–water partition coefficient (Wildman–Crippen LogP) is 1.82. The minimum Gasteiger partial charge on any atom is -0.507 e. The van der Waals surface area contributed by atoms with Crippen LogP contribution in [0.15, 0.2) is 18.2 Å². The van der Waals surface area contributed by atoms with E-state index in [1.807, 2.05) is 0 Å². The van der Waals surface area contributed by atoms with Crippen LogP contribution in [0.2, 0.25) is 0 Å². The van der Waals surface area contributed by atoms with Gasteiger partial charge in [-0.3, -0.25) is 19.2 Å². The number of amides is 4. The van der Waals surface area contributed by atoms with E-state index in [0.29, 0.717) is 5.56 Å². The van der Waals surface area contributed by atoms with Gasteiger partial charge in [0.25, 0.3) is 0 Å². The van der Waals surface area contributed by atoms with Crippen LogP contribution < -0.4 is 16.4 Å². The van der Waals surface area contributed by atoms with Crippen molar-refractivity contribution in [2.45, 2.75) is 85.0 Å². The molecule has 0 aliphatic rings. The van der Waals surface area contributed by atoms with E-state index in [9.17, 15) is 29.1 Å². The molecular formula is C26H40N4O8. The molecule has 4 amide bonds. The van der Waals surface area contributed by atoms with Gasteiger partial charge in [-0.1, -0.05) is 18.2 Å². The molecule has 5 N–H and O–H groups in total. The lowest BCUT2D eigenvalue weighted by molar-refractivity contribution is -0.146. The van der Waals surface area contributed by atoms with Gasteiger partial charge in [-0.15, -0.1) is 0 Å². The summed E-state index contributed by atoms with van der Waals surface area (Å²) in [5, 5.41) is 15.8. The lowest BCUT2D eigenvalue weighted by atomic mass is 9.97. The van der Waals surface area contributed by atoms with Crippen molar-refractivity contribution < 1.29 is 38.6 Å². The van der Waals surface area contributed by atoms with Crippen LogP contribution in [0.1, 0.15) is 71.6 Å². The number of benzene rings is 1. The Labute approximate surface area is 223 Å². The van der Waals surface area contributed by atoms with Gasteiger partial charge in [0.2, 0.25) is 17.7 Å². The number of esters is 1. The van der Waals surface area contributed by atoms with Gasteiger partial charge in [-0.2, -0.15) is 0 Å². The number of carbonyl (C=O) groups is 5. The Bertz CT molecular complexity index is 1020. The summed E-state index contributed by atoms with van der Waals surface area (Å²) in [4.78, 5) is 64.4. The van der Waals surface area contributed by atoms with Crippen molar-refractivity contribution in [3.63, 3.8) is 0 Å². The molecule has 38 heavy (non-hydrogen) atoms. The third-order valence-electron chi connectivity index (χ3n) is 5.23. The molecule has 2 atom stereocenters. The number of alkyl carbamates (subject to hydrolysis) is 1. The van der Waals surface area contributed by atoms with E-state index < -0.39 is 59.9 Å². The molecule has 0 aliphatic heterocycles. The van der Waals surface area contributed by atoms with Crippen LogP contribution in [0.5, 0.6) is 5.75 Å². The number of phenolic OH excluding ortho intramolecular Hbond substituents is 1. The summed E-state index contributed by atoms with van der Waals surface area (Å²) >= 11 is 0. The quantitative estimate of drug-likeness (QED) is 0.292. The second-order valence-corrected chi connectivity index (χ2v) is 9.97. The van der Waals surface area contributed by atoms with Crippen LogP contribution in [0.4, 0.5) is 4.79 Å². The summed E-state index contributed by atoms with van der Waals surface area (Å²) in [6.45, 7) is 11.6. The highest BCUT2D eigenvalue weighted by molar-refractivity contribution is 5.95. The standard InChI is InChI=1S/C26H40N4O8/c1-8-37-20(32)12-13-28-23(34)21(17-11-9-10-16(4)22(17)33)30(15(2)3)24(35)18(14-19(27)31)29-25(36)38-26(5,6)7/h9-11,15,18,21,33H,8,12-14H2,1-7H3,(H2,27,31)(H,28,34)(H,29,36). The number of nitrogens with two attached hydrogens (primary N) is 1. The summed E-state index contributed by atoms with van der Waals surface area (Å²) in [6.07, 6.45) is -1.61.